The van der Waals surface area contributed by atoms with E-state index in [0.717, 1.165) is 40.5 Å². The van der Waals surface area contributed by atoms with Crippen LogP contribution in [-0.4, -0.2) is 6.29 Å². The average molecular weight is 558 g/mol. The first-order valence-corrected chi connectivity index (χ1v) is 9.71. The molecule has 0 N–H and O–H groups in total. The summed E-state index contributed by atoms with van der Waals surface area (Å²) in [7, 11) is 0. The van der Waals surface area contributed by atoms with Crippen LogP contribution in [0.1, 0.15) is 18.1 Å². The molecule has 2 rings (SSSR count). The Morgan fingerprint density at radius 2 is 1.05 bits per heavy atom. The molecule has 0 fully saturated rings. The lowest BCUT2D eigenvalue weighted by molar-refractivity contribution is 0.0209. The largest absolute Gasteiger partial charge is 0.454 e. The lowest BCUT2D eigenvalue weighted by Gasteiger charge is -2.19. The molecule has 0 heterocycles. The van der Waals surface area contributed by atoms with Gasteiger partial charge in [-0.1, -0.05) is 12.1 Å². The second kappa shape index (κ2) is 7.69. The Bertz CT molecular complexity index is 642. The number of hydrogen-bond acceptors (Lipinski definition) is 2. The quantitative estimate of drug-likeness (QED) is 0.372. The van der Waals surface area contributed by atoms with E-state index in [0.29, 0.717) is 0 Å². The van der Waals surface area contributed by atoms with Gasteiger partial charge in [0.15, 0.2) is 0 Å². The van der Waals surface area contributed by atoms with Crippen LogP contribution in [0.4, 0.5) is 0 Å². The van der Waals surface area contributed by atoms with Crippen LogP contribution in [0.15, 0.2) is 42.2 Å². The van der Waals surface area contributed by atoms with Crippen molar-refractivity contribution in [3.05, 3.63) is 53.3 Å². The maximum atomic E-state index is 5.87. The van der Waals surface area contributed by atoms with Gasteiger partial charge in [0.05, 0.1) is 8.95 Å². The summed E-state index contributed by atoms with van der Waals surface area (Å²) in [5.74, 6) is 1.46. The van der Waals surface area contributed by atoms with Crippen LogP contribution >= 0.6 is 63.7 Å². The normalized spacial score (nSPS) is 10.9. The van der Waals surface area contributed by atoms with E-state index >= 15 is 0 Å². The SMILES string of the molecule is Cc1ccc(OC(C)Oc2ccc(C)c(Br)c2Br)c(Br)c1Br. The average Bonchev–Trinajstić information content (AvgIpc) is 2.48. The monoisotopic (exact) mass is 554 g/mol. The lowest BCUT2D eigenvalue weighted by atomic mass is 10.2. The highest BCUT2D eigenvalue weighted by atomic mass is 79.9. The van der Waals surface area contributed by atoms with E-state index in [4.69, 9.17) is 9.47 Å². The van der Waals surface area contributed by atoms with Gasteiger partial charge in [-0.05, 0) is 101 Å². The van der Waals surface area contributed by atoms with Crippen molar-refractivity contribution in [3.8, 4) is 11.5 Å². The van der Waals surface area contributed by atoms with Gasteiger partial charge in [-0.25, -0.2) is 0 Å². The molecule has 2 nitrogen and oxygen atoms in total. The molecule has 6 heteroatoms. The van der Waals surface area contributed by atoms with Crippen LogP contribution in [0.25, 0.3) is 0 Å². The van der Waals surface area contributed by atoms with Crippen molar-refractivity contribution in [1.82, 2.24) is 0 Å². The van der Waals surface area contributed by atoms with Gasteiger partial charge < -0.3 is 9.47 Å². The maximum absolute atomic E-state index is 5.87. The van der Waals surface area contributed by atoms with Gasteiger partial charge in [0.25, 0.3) is 0 Å². The van der Waals surface area contributed by atoms with Crippen molar-refractivity contribution in [1.29, 1.82) is 0 Å². The Kier molecular flexibility index (Phi) is 6.39. The molecule has 0 aliphatic heterocycles. The van der Waals surface area contributed by atoms with E-state index < -0.39 is 6.29 Å². The molecular weight excluding hydrogens is 544 g/mol. The molecule has 0 spiro atoms. The van der Waals surface area contributed by atoms with E-state index in [1.807, 2.05) is 45.0 Å². The third kappa shape index (κ3) is 4.08. The molecule has 0 saturated heterocycles. The Morgan fingerprint density at radius 3 is 1.41 bits per heavy atom. The number of halogens is 4. The van der Waals surface area contributed by atoms with E-state index in [1.165, 1.54) is 0 Å². The summed E-state index contributed by atoms with van der Waals surface area (Å²) in [5, 5.41) is 0. The minimum atomic E-state index is -0.434. The summed E-state index contributed by atoms with van der Waals surface area (Å²) in [4.78, 5) is 0. The molecule has 0 bridgehead atoms. The van der Waals surface area contributed by atoms with Crippen LogP contribution < -0.4 is 9.47 Å². The molecular formula is C16H14Br4O2. The van der Waals surface area contributed by atoms with Crippen molar-refractivity contribution in [2.45, 2.75) is 27.1 Å². The van der Waals surface area contributed by atoms with Gasteiger partial charge in [0, 0.05) is 15.9 Å². The van der Waals surface area contributed by atoms with Crippen molar-refractivity contribution < 1.29 is 9.47 Å². The third-order valence-electron chi connectivity index (χ3n) is 3.07. The van der Waals surface area contributed by atoms with Gasteiger partial charge in [-0.3, -0.25) is 0 Å². The third-order valence-corrected chi connectivity index (χ3v) is 7.75. The first-order valence-electron chi connectivity index (χ1n) is 6.53. The topological polar surface area (TPSA) is 18.5 Å². The molecule has 0 saturated carbocycles. The summed E-state index contributed by atoms with van der Waals surface area (Å²) < 4.78 is 15.5. The number of aryl methyl sites for hydroxylation is 2. The second-order valence-corrected chi connectivity index (χ2v) is 7.99. The van der Waals surface area contributed by atoms with Crippen molar-refractivity contribution >= 4 is 63.7 Å². The van der Waals surface area contributed by atoms with Crippen LogP contribution in [0.5, 0.6) is 11.5 Å². The predicted molar refractivity (Wildman–Crippen MR) is 104 cm³/mol. The van der Waals surface area contributed by atoms with Crippen molar-refractivity contribution in [3.63, 3.8) is 0 Å². The summed E-state index contributed by atoms with van der Waals surface area (Å²) in [5.41, 5.74) is 2.27. The molecule has 0 aromatic heterocycles. The molecule has 22 heavy (non-hydrogen) atoms. The Labute approximate surface area is 164 Å². The van der Waals surface area contributed by atoms with Gasteiger partial charge >= 0.3 is 0 Å². The highest BCUT2D eigenvalue weighted by Crippen LogP contribution is 2.37. The number of rotatable bonds is 4. The van der Waals surface area contributed by atoms with Gasteiger partial charge in [0.2, 0.25) is 6.29 Å². The lowest BCUT2D eigenvalue weighted by Crippen LogP contribution is -2.20. The van der Waals surface area contributed by atoms with Crippen LogP contribution in [0.2, 0.25) is 0 Å². The van der Waals surface area contributed by atoms with E-state index in [-0.39, 0.29) is 0 Å². The smallest absolute Gasteiger partial charge is 0.238 e. The number of ether oxygens (including phenoxy) is 2. The summed E-state index contributed by atoms with van der Waals surface area (Å²) in [6.45, 7) is 5.92. The molecule has 2 aromatic rings. The summed E-state index contributed by atoms with van der Waals surface area (Å²) >= 11 is 14.1. The number of hydrogen-bond donors (Lipinski definition) is 0. The second-order valence-electron chi connectivity index (χ2n) is 4.82. The molecule has 0 aliphatic carbocycles. The zero-order valence-corrected chi connectivity index (χ0v) is 18.6. The van der Waals surface area contributed by atoms with Crippen LogP contribution in [0.3, 0.4) is 0 Å². The van der Waals surface area contributed by atoms with Gasteiger partial charge in [-0.15, -0.1) is 0 Å². The first-order chi connectivity index (χ1) is 10.3. The standard InChI is InChI=1S/C16H14Br4O2/c1-8-4-6-11(15(19)13(8)17)21-10(3)22-12-7-5-9(2)14(18)16(12)20/h4-7,10H,1-3H3. The van der Waals surface area contributed by atoms with E-state index in [9.17, 15) is 0 Å². The fourth-order valence-electron chi connectivity index (χ4n) is 1.82. The summed E-state index contributed by atoms with van der Waals surface area (Å²) in [6, 6.07) is 7.83. The fraction of sp³-hybridized carbons (Fsp3) is 0.250. The Hall–Kier alpha value is -0.0400. The van der Waals surface area contributed by atoms with Crippen molar-refractivity contribution in [2.24, 2.45) is 0 Å². The molecule has 2 aromatic carbocycles. The van der Waals surface area contributed by atoms with Gasteiger partial charge in [-0.2, -0.15) is 0 Å². The Morgan fingerprint density at radius 1 is 0.682 bits per heavy atom. The zero-order valence-electron chi connectivity index (χ0n) is 12.2. The Balaban J connectivity index is 2.16. The molecule has 0 radical (unpaired) electrons. The first kappa shape index (κ1) is 18.3. The van der Waals surface area contributed by atoms with Crippen molar-refractivity contribution in [2.75, 3.05) is 0 Å². The van der Waals surface area contributed by atoms with Crippen LogP contribution in [0, 0.1) is 13.8 Å². The van der Waals surface area contributed by atoms with Gasteiger partial charge in [0.1, 0.15) is 11.5 Å². The zero-order chi connectivity index (χ0) is 16.4. The maximum Gasteiger partial charge on any atom is 0.238 e. The minimum Gasteiger partial charge on any atom is -0.454 e. The van der Waals surface area contributed by atoms with Crippen LogP contribution in [-0.2, 0) is 0 Å². The molecule has 118 valence electrons. The van der Waals surface area contributed by atoms with E-state index in [2.05, 4.69) is 63.7 Å². The fourth-order valence-corrected chi connectivity index (χ4v) is 3.55. The van der Waals surface area contributed by atoms with E-state index in [1.54, 1.807) is 0 Å². The molecule has 0 amide bonds. The highest BCUT2D eigenvalue weighted by Gasteiger charge is 2.14. The number of benzene rings is 2. The predicted octanol–water partition coefficient (Wildman–Crippen LogP) is 7.16. The summed E-state index contributed by atoms with van der Waals surface area (Å²) in [6.07, 6.45) is -0.434. The minimum absolute atomic E-state index is 0.434. The molecule has 0 aliphatic rings. The molecule has 0 unspecified atom stereocenters. The molecule has 0 atom stereocenters. The highest BCUT2D eigenvalue weighted by molar-refractivity contribution is 9.13.